The summed E-state index contributed by atoms with van der Waals surface area (Å²) in [6.45, 7) is 3.71. The average Bonchev–Trinajstić information content (AvgIpc) is 3.34. The van der Waals surface area contributed by atoms with Gasteiger partial charge in [-0.25, -0.2) is 4.79 Å². The van der Waals surface area contributed by atoms with Crippen molar-refractivity contribution in [2.24, 2.45) is 5.92 Å². The molecular weight excluding hydrogens is 805 g/mol. The highest BCUT2D eigenvalue weighted by Crippen LogP contribution is 2.34. The third-order valence-corrected chi connectivity index (χ3v) is 12.2. The Morgan fingerprint density at radius 3 is 2.19 bits per heavy atom. The molecule has 2 aromatic heterocycles. The standard InChI is InChI=1S/C53H52N4O7/c58-47(40-13-11-36(12-14-40)31-54-33-49(60)45-22-25-48(59)51-46(45)23-26-50(61)56-51)24-21-44-20-17-41(32-55-44)39-15-18-43(19-16-39)53(63,42-9-5-2-6-10-42)52(62)64-35-38-27-29-57(30-28-38)34-37-7-3-1-4-8-37/h1-20,22-23,25-26,32,38,49,54,59-60,63H,21,24,27-31,33-35H2,(H,56,61)/t49-,53-/m0/s1. The number of fused-ring (bicyclic) bond motifs is 1. The zero-order valence-corrected chi connectivity index (χ0v) is 35.5. The van der Waals surface area contributed by atoms with Crippen molar-refractivity contribution >= 4 is 22.7 Å². The number of carbonyl (C=O) groups excluding carboxylic acids is 2. The van der Waals surface area contributed by atoms with Crippen molar-refractivity contribution in [2.75, 3.05) is 26.2 Å². The number of pyridine rings is 2. The van der Waals surface area contributed by atoms with Gasteiger partial charge in [0.2, 0.25) is 11.2 Å². The van der Waals surface area contributed by atoms with Crippen molar-refractivity contribution in [1.82, 2.24) is 20.2 Å². The van der Waals surface area contributed by atoms with Gasteiger partial charge in [0, 0.05) is 60.5 Å². The molecule has 2 atom stereocenters. The molecule has 0 amide bonds. The number of aryl methyl sites for hydroxylation is 1. The zero-order valence-electron chi connectivity index (χ0n) is 35.5. The summed E-state index contributed by atoms with van der Waals surface area (Å²) in [4.78, 5) is 48.3. The first-order chi connectivity index (χ1) is 31.1. The van der Waals surface area contributed by atoms with E-state index in [0.717, 1.165) is 54.9 Å². The molecule has 1 aliphatic rings. The molecule has 3 heterocycles. The number of likely N-dealkylation sites (tertiary alicyclic amines) is 1. The molecule has 0 aliphatic carbocycles. The highest BCUT2D eigenvalue weighted by Gasteiger charge is 2.42. The minimum Gasteiger partial charge on any atom is -0.506 e. The number of ether oxygens (including phenoxy) is 1. The van der Waals surface area contributed by atoms with Gasteiger partial charge in [0.05, 0.1) is 18.2 Å². The van der Waals surface area contributed by atoms with Crippen molar-refractivity contribution in [3.8, 4) is 16.9 Å². The Morgan fingerprint density at radius 1 is 0.797 bits per heavy atom. The number of nitrogens with one attached hydrogen (secondary N) is 2. The van der Waals surface area contributed by atoms with Crippen LogP contribution in [0.3, 0.4) is 0 Å². The van der Waals surface area contributed by atoms with Gasteiger partial charge >= 0.3 is 5.97 Å². The number of H-pyrrole nitrogens is 1. The fourth-order valence-corrected chi connectivity index (χ4v) is 8.39. The molecule has 0 radical (unpaired) electrons. The Balaban J connectivity index is 0.820. The lowest BCUT2D eigenvalue weighted by Gasteiger charge is -2.33. The molecule has 1 saturated heterocycles. The van der Waals surface area contributed by atoms with Gasteiger partial charge in [-0.3, -0.25) is 19.5 Å². The maximum absolute atomic E-state index is 13.8. The number of benzene rings is 5. The Kier molecular flexibility index (Phi) is 13.8. The van der Waals surface area contributed by atoms with Crippen molar-refractivity contribution in [3.05, 3.63) is 201 Å². The molecule has 8 rings (SSSR count). The molecular formula is C53H52N4O7. The second-order valence-corrected chi connectivity index (χ2v) is 16.5. The number of aliphatic hydroxyl groups is 2. The summed E-state index contributed by atoms with van der Waals surface area (Å²) < 4.78 is 5.89. The summed E-state index contributed by atoms with van der Waals surface area (Å²) in [5, 5.41) is 36.9. The number of esters is 1. The maximum Gasteiger partial charge on any atom is 0.347 e. The number of aliphatic hydroxyl groups excluding tert-OH is 1. The van der Waals surface area contributed by atoms with Gasteiger partial charge in [-0.1, -0.05) is 121 Å². The SMILES string of the molecule is O=C(CCc1ccc(-c2ccc([C@](O)(C(=O)OCC3CCN(Cc4ccccc4)CC3)c3ccccc3)cc2)cn1)c1ccc(CNC[C@H](O)c2ccc(O)c3[nH]c(=O)ccc23)cc1. The number of ketones is 1. The van der Waals surface area contributed by atoms with Crippen molar-refractivity contribution in [1.29, 1.82) is 0 Å². The summed E-state index contributed by atoms with van der Waals surface area (Å²) in [5.41, 5.74) is 4.73. The monoisotopic (exact) mass is 856 g/mol. The second-order valence-electron chi connectivity index (χ2n) is 16.5. The van der Waals surface area contributed by atoms with E-state index >= 15 is 0 Å². The van der Waals surface area contributed by atoms with Crippen LogP contribution in [0.15, 0.2) is 157 Å². The van der Waals surface area contributed by atoms with Crippen molar-refractivity contribution < 1.29 is 29.6 Å². The second kappa shape index (κ2) is 20.2. The average molecular weight is 857 g/mol. The quantitative estimate of drug-likeness (QED) is 0.0455. The lowest BCUT2D eigenvalue weighted by atomic mass is 9.85. The van der Waals surface area contributed by atoms with Crippen LogP contribution < -0.4 is 10.9 Å². The Hall–Kier alpha value is -6.76. The zero-order chi connectivity index (χ0) is 44.5. The van der Waals surface area contributed by atoms with E-state index in [2.05, 4.69) is 44.5 Å². The molecule has 5 N–H and O–H groups in total. The fraction of sp³-hybridized carbons (Fsp3) is 0.245. The van der Waals surface area contributed by atoms with E-state index in [9.17, 15) is 29.7 Å². The van der Waals surface area contributed by atoms with E-state index in [-0.39, 0.29) is 48.1 Å². The lowest BCUT2D eigenvalue weighted by Crippen LogP contribution is -2.40. The minimum absolute atomic E-state index is 0.00213. The molecule has 0 spiro atoms. The van der Waals surface area contributed by atoms with Gasteiger partial charge < -0.3 is 30.4 Å². The maximum atomic E-state index is 13.8. The number of phenols is 1. The topological polar surface area (TPSA) is 165 Å². The molecule has 1 fully saturated rings. The number of rotatable bonds is 17. The van der Waals surface area contributed by atoms with Crippen LogP contribution in [0.5, 0.6) is 5.75 Å². The van der Waals surface area contributed by atoms with Gasteiger partial charge in [-0.15, -0.1) is 0 Å². The molecule has 5 aromatic carbocycles. The van der Waals surface area contributed by atoms with Crippen molar-refractivity contribution in [3.63, 3.8) is 0 Å². The van der Waals surface area contributed by atoms with E-state index in [1.165, 1.54) is 17.7 Å². The van der Waals surface area contributed by atoms with Gasteiger partial charge in [0.25, 0.3) is 0 Å². The minimum atomic E-state index is -1.99. The van der Waals surface area contributed by atoms with E-state index in [0.29, 0.717) is 40.6 Å². The number of carbonyl (C=O) groups is 2. The number of aromatic hydroxyl groups is 1. The van der Waals surface area contributed by atoms with Crippen LogP contribution in [-0.2, 0) is 34.6 Å². The summed E-state index contributed by atoms with van der Waals surface area (Å²) >= 11 is 0. The summed E-state index contributed by atoms with van der Waals surface area (Å²) in [6.07, 6.45) is 3.48. The van der Waals surface area contributed by atoms with Gasteiger partial charge in [0.15, 0.2) is 5.78 Å². The highest BCUT2D eigenvalue weighted by molar-refractivity contribution is 5.96. The third-order valence-electron chi connectivity index (χ3n) is 12.2. The molecule has 11 heteroatoms. The molecule has 7 aromatic rings. The largest absolute Gasteiger partial charge is 0.506 e. The first kappa shape index (κ1) is 43.9. The third kappa shape index (κ3) is 10.4. The van der Waals surface area contributed by atoms with E-state index in [1.807, 2.05) is 48.5 Å². The highest BCUT2D eigenvalue weighted by atomic mass is 16.5. The summed E-state index contributed by atoms with van der Waals surface area (Å²) in [7, 11) is 0. The normalized spacial score (nSPS) is 14.8. The first-order valence-corrected chi connectivity index (χ1v) is 21.8. The number of Topliss-reactive ketones (excluding diaryl/α,β-unsaturated/α-hetero) is 1. The number of piperidine rings is 1. The van der Waals surface area contributed by atoms with Crippen LogP contribution in [0.1, 0.15) is 69.2 Å². The summed E-state index contributed by atoms with van der Waals surface area (Å²) in [5.74, 6) is -0.532. The molecule has 0 bridgehead atoms. The van der Waals surface area contributed by atoms with Crippen LogP contribution in [0.4, 0.5) is 0 Å². The fourth-order valence-electron chi connectivity index (χ4n) is 8.39. The number of hydrogen-bond acceptors (Lipinski definition) is 10. The van der Waals surface area contributed by atoms with E-state index in [1.54, 1.807) is 66.9 Å². The Morgan fingerprint density at radius 2 is 1.48 bits per heavy atom. The van der Waals surface area contributed by atoms with Crippen molar-refractivity contribution in [2.45, 2.75) is 50.5 Å². The van der Waals surface area contributed by atoms with E-state index < -0.39 is 17.7 Å². The molecule has 1 aliphatic heterocycles. The van der Waals surface area contributed by atoms with Crippen LogP contribution >= 0.6 is 0 Å². The molecule has 0 saturated carbocycles. The Labute approximate surface area is 372 Å². The van der Waals surface area contributed by atoms with Crippen LogP contribution in [0.2, 0.25) is 0 Å². The molecule has 11 nitrogen and oxygen atoms in total. The molecule has 326 valence electrons. The predicted molar refractivity (Wildman–Crippen MR) is 247 cm³/mol. The Bertz CT molecular complexity index is 2720. The number of hydrogen-bond donors (Lipinski definition) is 5. The number of phenolic OH excluding ortho intramolecular Hbond substituents is 1. The van der Waals surface area contributed by atoms with Gasteiger partial charge in [0.1, 0.15) is 5.75 Å². The first-order valence-electron chi connectivity index (χ1n) is 21.8. The number of aromatic nitrogens is 2. The smallest absolute Gasteiger partial charge is 0.347 e. The molecule has 64 heavy (non-hydrogen) atoms. The predicted octanol–water partition coefficient (Wildman–Crippen LogP) is 7.63. The van der Waals surface area contributed by atoms with Gasteiger partial charge in [-0.2, -0.15) is 0 Å². The van der Waals surface area contributed by atoms with E-state index in [4.69, 9.17) is 4.74 Å². The van der Waals surface area contributed by atoms with Gasteiger partial charge in [-0.05, 0) is 89.8 Å². The number of nitrogens with zero attached hydrogens (tertiary/aromatic N) is 2. The summed E-state index contributed by atoms with van der Waals surface area (Å²) in [6, 6.07) is 43.8. The van der Waals surface area contributed by atoms with Crippen LogP contribution in [0, 0.1) is 5.92 Å². The molecule has 0 unspecified atom stereocenters. The van der Waals surface area contributed by atoms with Crippen LogP contribution in [0.25, 0.3) is 22.0 Å². The lowest BCUT2D eigenvalue weighted by molar-refractivity contribution is -0.164. The van der Waals surface area contributed by atoms with Crippen LogP contribution in [-0.4, -0.2) is 68.2 Å². The number of aromatic amines is 1.